The largest absolute Gasteiger partial charge is 0.494 e. The van der Waals surface area contributed by atoms with Crippen LogP contribution >= 0.6 is 0 Å². The van der Waals surface area contributed by atoms with E-state index in [2.05, 4.69) is 13.2 Å². The van der Waals surface area contributed by atoms with Crippen LogP contribution in [0.3, 0.4) is 0 Å². The molecule has 1 N–H and O–H groups in total. The van der Waals surface area contributed by atoms with Crippen molar-refractivity contribution >= 4 is 29.1 Å². The van der Waals surface area contributed by atoms with Crippen LogP contribution in [0.1, 0.15) is 58.1 Å². The van der Waals surface area contributed by atoms with E-state index in [1.165, 1.54) is 0 Å². The number of ether oxygens (including phenoxy) is 2. The van der Waals surface area contributed by atoms with E-state index in [1.807, 2.05) is 84.0 Å². The fourth-order valence-electron chi connectivity index (χ4n) is 8.34. The number of rotatable bonds is 14. The maximum atomic E-state index is 15.1. The van der Waals surface area contributed by atoms with Crippen molar-refractivity contribution in [2.24, 2.45) is 17.8 Å². The molecule has 6 atom stereocenters. The van der Waals surface area contributed by atoms with Crippen molar-refractivity contribution in [1.29, 1.82) is 0 Å². The first-order valence-corrected chi connectivity index (χ1v) is 17.1. The Morgan fingerprint density at radius 2 is 1.73 bits per heavy atom. The highest BCUT2D eigenvalue weighted by atomic mass is 16.5. The molecule has 3 amide bonds. The summed E-state index contributed by atoms with van der Waals surface area (Å²) in [5.74, 6) is -1.79. The zero-order chi connectivity index (χ0) is 35.0. The average Bonchev–Trinajstić information content (AvgIpc) is 3.63. The van der Waals surface area contributed by atoms with E-state index >= 15 is 4.79 Å². The van der Waals surface area contributed by atoms with Crippen molar-refractivity contribution in [3.05, 3.63) is 78.9 Å². The van der Waals surface area contributed by atoms with Gasteiger partial charge in [0.2, 0.25) is 11.8 Å². The molecule has 3 heterocycles. The number of hydrogen-bond acceptors (Lipinski definition) is 6. The number of hydrogen-bond donors (Lipinski definition) is 1. The quantitative estimate of drug-likeness (QED) is 0.265. The molecule has 2 unspecified atom stereocenters. The Hall–Kier alpha value is -3.95. The van der Waals surface area contributed by atoms with Crippen LogP contribution in [0.4, 0.5) is 11.4 Å². The predicted octanol–water partition coefficient (Wildman–Crippen LogP) is 5.61. The zero-order valence-electron chi connectivity index (χ0n) is 29.3. The van der Waals surface area contributed by atoms with Gasteiger partial charge in [0, 0.05) is 24.5 Å². The number of aliphatic hydroxyl groups is 1. The summed E-state index contributed by atoms with van der Waals surface area (Å²) in [7, 11) is 0. The number of fused-ring (bicyclic) bond motifs is 1. The molecule has 9 heteroatoms. The third-order valence-electron chi connectivity index (χ3n) is 10.3. The van der Waals surface area contributed by atoms with Gasteiger partial charge in [-0.1, -0.05) is 38.1 Å². The Bertz CT molecular complexity index is 1560. The minimum atomic E-state index is -1.25. The first-order chi connectivity index (χ1) is 22.9. The normalized spacial score (nSPS) is 26.4. The van der Waals surface area contributed by atoms with Gasteiger partial charge in [0.25, 0.3) is 5.91 Å². The molecule has 0 radical (unpaired) electrons. The minimum absolute atomic E-state index is 0.141. The Kier molecular flexibility index (Phi) is 10.2. The third kappa shape index (κ3) is 5.96. The summed E-state index contributed by atoms with van der Waals surface area (Å²) in [5, 5.41) is 10.7. The van der Waals surface area contributed by atoms with Gasteiger partial charge in [-0.05, 0) is 94.3 Å². The van der Waals surface area contributed by atoms with E-state index in [0.29, 0.717) is 37.3 Å². The highest BCUT2D eigenvalue weighted by Gasteiger charge is 2.79. The molecule has 0 aliphatic carbocycles. The molecule has 3 aliphatic rings. The fraction of sp³-hybridized carbons (Fsp3) is 0.513. The van der Waals surface area contributed by atoms with Crippen LogP contribution in [-0.4, -0.2) is 77.3 Å². The lowest BCUT2D eigenvalue weighted by Gasteiger charge is -2.40. The standard InChI is InChI=1S/C39H51N3O6/c1-9-20-40(28-14-16-30(17-15-28)47-11-3)35(44)32-33-36(45)42(29(24-43)22-25(4)5)34(39(33)19-18-38(32,8)48-39)37(46)41(21-10-2)31-23-26(6)12-13-27(31)7/h9-10,12-17,23,25,29,32-34,43H,1-2,11,18-22,24H2,3-8H3/t29-,32-,33+,34?,38+,39?/m1/s1. The van der Waals surface area contributed by atoms with Crippen LogP contribution in [0.2, 0.25) is 0 Å². The molecule has 3 aliphatic heterocycles. The van der Waals surface area contributed by atoms with Gasteiger partial charge in [-0.2, -0.15) is 0 Å². The van der Waals surface area contributed by atoms with E-state index in [0.717, 1.165) is 16.8 Å². The number of benzene rings is 2. The summed E-state index contributed by atoms with van der Waals surface area (Å²) in [6.07, 6.45) is 4.78. The van der Waals surface area contributed by atoms with Gasteiger partial charge in [-0.15, -0.1) is 13.2 Å². The van der Waals surface area contributed by atoms with Crippen molar-refractivity contribution in [3.63, 3.8) is 0 Å². The minimum Gasteiger partial charge on any atom is -0.494 e. The lowest BCUT2D eigenvalue weighted by atomic mass is 9.66. The molecule has 2 aromatic carbocycles. The van der Waals surface area contributed by atoms with Gasteiger partial charge in [-0.3, -0.25) is 14.4 Å². The third-order valence-corrected chi connectivity index (χ3v) is 10.3. The van der Waals surface area contributed by atoms with Crippen LogP contribution in [0.15, 0.2) is 67.8 Å². The molecule has 258 valence electrons. The lowest BCUT2D eigenvalue weighted by Crippen LogP contribution is -2.59. The summed E-state index contributed by atoms with van der Waals surface area (Å²) >= 11 is 0. The highest BCUT2D eigenvalue weighted by Crippen LogP contribution is 2.64. The van der Waals surface area contributed by atoms with E-state index in [9.17, 15) is 14.7 Å². The van der Waals surface area contributed by atoms with Crippen molar-refractivity contribution in [2.45, 2.75) is 84.1 Å². The van der Waals surface area contributed by atoms with Crippen LogP contribution in [-0.2, 0) is 19.1 Å². The number of carbonyl (C=O) groups excluding carboxylic acids is 3. The van der Waals surface area contributed by atoms with Gasteiger partial charge in [0.1, 0.15) is 17.4 Å². The first-order valence-electron chi connectivity index (χ1n) is 17.1. The fourth-order valence-corrected chi connectivity index (χ4v) is 8.34. The SMILES string of the molecule is C=CCN(C(=O)[C@H]1[C@H]2C(=O)N([C@@H](CO)CC(C)C)C(C(=O)N(CC=C)c3cc(C)ccc3C)C23CC[C@]1(C)O3)c1ccc(OCC)cc1. The Morgan fingerprint density at radius 1 is 1.06 bits per heavy atom. The molecule has 0 aromatic heterocycles. The van der Waals surface area contributed by atoms with Crippen molar-refractivity contribution in [2.75, 3.05) is 36.1 Å². The summed E-state index contributed by atoms with van der Waals surface area (Å²) in [6, 6.07) is 11.6. The predicted molar refractivity (Wildman–Crippen MR) is 188 cm³/mol. The topological polar surface area (TPSA) is 99.6 Å². The molecular weight excluding hydrogens is 606 g/mol. The summed E-state index contributed by atoms with van der Waals surface area (Å²) in [5.41, 5.74) is 1.07. The average molecular weight is 658 g/mol. The van der Waals surface area contributed by atoms with Crippen LogP contribution in [0, 0.1) is 31.6 Å². The number of carbonyl (C=O) groups is 3. The molecule has 48 heavy (non-hydrogen) atoms. The maximum absolute atomic E-state index is 15.1. The molecule has 9 nitrogen and oxygen atoms in total. The van der Waals surface area contributed by atoms with Gasteiger partial charge in [-0.25, -0.2) is 0 Å². The smallest absolute Gasteiger partial charge is 0.253 e. The molecule has 5 rings (SSSR count). The van der Waals surface area contributed by atoms with E-state index in [-0.39, 0.29) is 43.3 Å². The molecule has 3 fully saturated rings. The van der Waals surface area contributed by atoms with Gasteiger partial charge >= 0.3 is 0 Å². The first kappa shape index (κ1) is 35.4. The molecule has 3 saturated heterocycles. The Labute approximate surface area is 285 Å². The van der Waals surface area contributed by atoms with Crippen LogP contribution < -0.4 is 14.5 Å². The zero-order valence-corrected chi connectivity index (χ0v) is 29.3. The van der Waals surface area contributed by atoms with E-state index < -0.39 is 35.1 Å². The van der Waals surface area contributed by atoms with Gasteiger partial charge in [0.05, 0.1) is 36.7 Å². The number of anilines is 2. The van der Waals surface area contributed by atoms with Crippen LogP contribution in [0.5, 0.6) is 5.75 Å². The van der Waals surface area contributed by atoms with Crippen molar-refractivity contribution < 1.29 is 29.0 Å². The Morgan fingerprint density at radius 3 is 2.33 bits per heavy atom. The van der Waals surface area contributed by atoms with Crippen molar-refractivity contribution in [3.8, 4) is 5.75 Å². The molecule has 2 aromatic rings. The second-order valence-corrected chi connectivity index (χ2v) is 14.1. The number of amides is 3. The summed E-state index contributed by atoms with van der Waals surface area (Å²) in [4.78, 5) is 49.7. The number of aliphatic hydroxyl groups excluding tert-OH is 1. The van der Waals surface area contributed by atoms with E-state index in [4.69, 9.17) is 9.47 Å². The Balaban J connectivity index is 1.63. The monoisotopic (exact) mass is 657 g/mol. The summed E-state index contributed by atoms with van der Waals surface area (Å²) in [6.45, 7) is 20.3. The maximum Gasteiger partial charge on any atom is 0.253 e. The second kappa shape index (κ2) is 13.9. The molecule has 1 spiro atoms. The van der Waals surface area contributed by atoms with E-state index in [1.54, 1.807) is 26.9 Å². The van der Waals surface area contributed by atoms with Gasteiger partial charge < -0.3 is 29.3 Å². The van der Waals surface area contributed by atoms with Gasteiger partial charge in [0.15, 0.2) is 0 Å². The van der Waals surface area contributed by atoms with Crippen molar-refractivity contribution in [1.82, 2.24) is 4.90 Å². The number of aryl methyl sites for hydroxylation is 2. The lowest BCUT2D eigenvalue weighted by molar-refractivity contribution is -0.148. The molecule has 2 bridgehead atoms. The highest BCUT2D eigenvalue weighted by molar-refractivity contribution is 6.07. The number of nitrogens with zero attached hydrogens (tertiary/aromatic N) is 3. The number of likely N-dealkylation sites (tertiary alicyclic amines) is 1. The second-order valence-electron chi connectivity index (χ2n) is 14.1. The van der Waals surface area contributed by atoms with Crippen LogP contribution in [0.25, 0.3) is 0 Å². The molecular formula is C39H51N3O6. The molecule has 0 saturated carbocycles. The summed E-state index contributed by atoms with van der Waals surface area (Å²) < 4.78 is 12.6.